The van der Waals surface area contributed by atoms with Crippen molar-refractivity contribution in [1.29, 1.82) is 0 Å². The van der Waals surface area contributed by atoms with Crippen LogP contribution < -0.4 is 0 Å². The van der Waals surface area contributed by atoms with Gasteiger partial charge in [0.25, 0.3) is 0 Å². The van der Waals surface area contributed by atoms with Crippen LogP contribution in [0.15, 0.2) is 91.0 Å². The molecule has 3 aromatic carbocycles. The molecule has 0 unspecified atom stereocenters. The van der Waals surface area contributed by atoms with Crippen LogP contribution in [0.4, 0.5) is 0 Å². The van der Waals surface area contributed by atoms with Crippen molar-refractivity contribution in [2.75, 3.05) is 0 Å². The summed E-state index contributed by atoms with van der Waals surface area (Å²) in [6.07, 6.45) is 6.09. The molecule has 0 bridgehead atoms. The van der Waals surface area contributed by atoms with Gasteiger partial charge in [-0.15, -0.1) is 0 Å². The molecule has 0 aliphatic heterocycles. The monoisotopic (exact) mass is 448 g/mol. The van der Waals surface area contributed by atoms with Gasteiger partial charge in [-0.3, -0.25) is 0 Å². The SMILES string of the molecule is [SnH][CH2]CCC(Cc1ccccc1)(Cc1ccccc1)Cc1ccccc1. The van der Waals surface area contributed by atoms with Crippen LogP contribution in [0.2, 0.25) is 4.44 Å². The number of rotatable bonds is 9. The van der Waals surface area contributed by atoms with Crippen molar-refractivity contribution in [2.45, 2.75) is 36.5 Å². The fourth-order valence-electron chi connectivity index (χ4n) is 4.02. The zero-order valence-electron chi connectivity index (χ0n) is 15.5. The molecule has 3 rings (SSSR count). The first-order valence-corrected chi connectivity index (χ1v) is 11.9. The van der Waals surface area contributed by atoms with Gasteiger partial charge < -0.3 is 0 Å². The minimum absolute atomic E-state index is 0.285. The molecule has 0 fully saturated rings. The third-order valence-electron chi connectivity index (χ3n) is 5.18. The Morgan fingerprint density at radius 3 is 1.19 bits per heavy atom. The second kappa shape index (κ2) is 9.96. The molecule has 2 radical (unpaired) electrons. The quantitative estimate of drug-likeness (QED) is 0.364. The first-order valence-electron chi connectivity index (χ1n) is 9.62. The van der Waals surface area contributed by atoms with E-state index in [2.05, 4.69) is 91.0 Å². The first-order chi connectivity index (χ1) is 12.8. The van der Waals surface area contributed by atoms with E-state index in [9.17, 15) is 0 Å². The molecular weight excluding hydrogens is 419 g/mol. The normalized spacial score (nSPS) is 11.4. The van der Waals surface area contributed by atoms with Crippen molar-refractivity contribution < 1.29 is 0 Å². The molecule has 1 heteroatoms. The maximum atomic E-state index is 2.30. The van der Waals surface area contributed by atoms with Crippen molar-refractivity contribution in [2.24, 2.45) is 5.41 Å². The van der Waals surface area contributed by atoms with E-state index in [4.69, 9.17) is 0 Å². The third kappa shape index (κ3) is 5.74. The zero-order valence-corrected chi connectivity index (χ0v) is 18.8. The third-order valence-corrected chi connectivity index (χ3v) is 6.34. The molecule has 3 aromatic rings. The summed E-state index contributed by atoms with van der Waals surface area (Å²) in [6, 6.07) is 33.2. The Kier molecular flexibility index (Phi) is 7.37. The molecule has 132 valence electrons. The summed E-state index contributed by atoms with van der Waals surface area (Å²) in [6.45, 7) is 0. The molecule has 0 amide bonds. The van der Waals surface area contributed by atoms with Crippen molar-refractivity contribution in [3.05, 3.63) is 108 Å². The second-order valence-electron chi connectivity index (χ2n) is 7.38. The fourth-order valence-corrected chi connectivity index (χ4v) is 4.60. The Labute approximate surface area is 171 Å². The van der Waals surface area contributed by atoms with E-state index in [1.165, 1.54) is 56.5 Å². The van der Waals surface area contributed by atoms with Crippen molar-refractivity contribution in [1.82, 2.24) is 0 Å². The van der Waals surface area contributed by atoms with Gasteiger partial charge in [-0.25, -0.2) is 0 Å². The molecule has 0 aliphatic rings. The number of benzene rings is 3. The van der Waals surface area contributed by atoms with E-state index in [0.717, 1.165) is 19.3 Å². The van der Waals surface area contributed by atoms with Crippen LogP contribution in [0.3, 0.4) is 0 Å². The van der Waals surface area contributed by atoms with E-state index in [-0.39, 0.29) is 5.41 Å². The Morgan fingerprint density at radius 1 is 0.538 bits per heavy atom. The molecule has 0 aliphatic carbocycles. The van der Waals surface area contributed by atoms with Gasteiger partial charge >= 0.3 is 172 Å². The van der Waals surface area contributed by atoms with Gasteiger partial charge in [-0.2, -0.15) is 0 Å². The minimum atomic E-state index is 0.285. The molecule has 0 spiro atoms. The summed E-state index contributed by atoms with van der Waals surface area (Å²) in [5, 5.41) is 0. The summed E-state index contributed by atoms with van der Waals surface area (Å²) in [5.74, 6) is 0. The average Bonchev–Trinajstić information content (AvgIpc) is 2.69. The Morgan fingerprint density at radius 2 is 0.885 bits per heavy atom. The zero-order chi connectivity index (χ0) is 18.1. The molecule has 0 saturated carbocycles. The van der Waals surface area contributed by atoms with Gasteiger partial charge in [-0.05, 0) is 0 Å². The maximum absolute atomic E-state index is 2.30. The summed E-state index contributed by atoms with van der Waals surface area (Å²) in [4.78, 5) is 0. The molecular formula is C25H28Sn. The van der Waals surface area contributed by atoms with Gasteiger partial charge in [0.15, 0.2) is 0 Å². The predicted octanol–water partition coefficient (Wildman–Crippen LogP) is 5.80. The molecule has 26 heavy (non-hydrogen) atoms. The molecule has 0 nitrogen and oxygen atoms in total. The van der Waals surface area contributed by atoms with Crippen LogP contribution >= 0.6 is 0 Å². The summed E-state index contributed by atoms with van der Waals surface area (Å²) >= 11 is 1.36. The Balaban J connectivity index is 1.94. The first kappa shape index (κ1) is 19.2. The van der Waals surface area contributed by atoms with E-state index < -0.39 is 0 Å². The van der Waals surface area contributed by atoms with Crippen LogP contribution in [0.5, 0.6) is 0 Å². The predicted molar refractivity (Wildman–Crippen MR) is 114 cm³/mol. The Bertz CT molecular complexity index is 649. The average molecular weight is 447 g/mol. The van der Waals surface area contributed by atoms with Gasteiger partial charge in [0.2, 0.25) is 0 Å². The van der Waals surface area contributed by atoms with Gasteiger partial charge in [0.05, 0.1) is 0 Å². The standard InChI is InChI=1S/C25H27.Sn.H/c1-2-18-25(19-22-12-6-3-7-13-22,20-23-14-8-4-9-15-23)21-24-16-10-5-11-17-24;;/h3-17H,1-2,18-21H2;;. The fraction of sp³-hybridized carbons (Fsp3) is 0.280. The molecule has 0 atom stereocenters. The van der Waals surface area contributed by atoms with Crippen LogP contribution in [0, 0.1) is 5.41 Å². The van der Waals surface area contributed by atoms with Crippen molar-refractivity contribution in [3.8, 4) is 0 Å². The summed E-state index contributed by atoms with van der Waals surface area (Å²) < 4.78 is 1.38. The van der Waals surface area contributed by atoms with E-state index in [0.29, 0.717) is 0 Å². The van der Waals surface area contributed by atoms with Crippen LogP contribution in [-0.2, 0) is 19.3 Å². The summed E-state index contributed by atoms with van der Waals surface area (Å²) in [5.41, 5.74) is 4.68. The van der Waals surface area contributed by atoms with Gasteiger partial charge in [0, 0.05) is 0 Å². The molecule has 0 aromatic heterocycles. The summed E-state index contributed by atoms with van der Waals surface area (Å²) in [7, 11) is 0. The molecule has 0 N–H and O–H groups in total. The van der Waals surface area contributed by atoms with Crippen molar-refractivity contribution in [3.63, 3.8) is 0 Å². The van der Waals surface area contributed by atoms with E-state index >= 15 is 0 Å². The van der Waals surface area contributed by atoms with Gasteiger partial charge in [0.1, 0.15) is 0 Å². The van der Waals surface area contributed by atoms with E-state index in [1.807, 2.05) is 0 Å². The van der Waals surface area contributed by atoms with Crippen LogP contribution in [-0.4, -0.2) is 22.5 Å². The number of hydrogen-bond donors (Lipinski definition) is 0. The molecule has 0 heterocycles. The van der Waals surface area contributed by atoms with Crippen LogP contribution in [0.25, 0.3) is 0 Å². The van der Waals surface area contributed by atoms with Crippen LogP contribution in [0.1, 0.15) is 29.5 Å². The van der Waals surface area contributed by atoms with E-state index in [1.54, 1.807) is 0 Å². The van der Waals surface area contributed by atoms with Crippen molar-refractivity contribution >= 4 is 22.5 Å². The second-order valence-corrected chi connectivity index (χ2v) is 9.03. The topological polar surface area (TPSA) is 0 Å². The molecule has 0 saturated heterocycles. The number of hydrogen-bond acceptors (Lipinski definition) is 0. The van der Waals surface area contributed by atoms with Gasteiger partial charge in [-0.1, -0.05) is 0 Å². The Hall–Kier alpha value is -1.54.